The summed E-state index contributed by atoms with van der Waals surface area (Å²) in [4.78, 5) is 10.0. The summed E-state index contributed by atoms with van der Waals surface area (Å²) in [6, 6.07) is 0. The molecule has 4 heteroatoms. The van der Waals surface area contributed by atoms with Gasteiger partial charge in [-0.1, -0.05) is 0 Å². The van der Waals surface area contributed by atoms with Crippen molar-refractivity contribution in [3.63, 3.8) is 0 Å². The molecule has 1 aliphatic rings. The summed E-state index contributed by atoms with van der Waals surface area (Å²) in [5.74, 6) is 5.33. The monoisotopic (exact) mass is 115 g/mol. The Morgan fingerprint density at radius 1 is 1.88 bits per heavy atom. The van der Waals surface area contributed by atoms with Crippen LogP contribution in [0.3, 0.4) is 0 Å². The Bertz CT molecular complexity index is 95.3. The van der Waals surface area contributed by atoms with Gasteiger partial charge in [-0.25, -0.2) is 5.01 Å². The fourth-order valence-corrected chi connectivity index (χ4v) is 0.724. The number of carbonyl (C=O) groups excluding carboxylic acids is 1. The van der Waals surface area contributed by atoms with Gasteiger partial charge in [-0.15, -0.1) is 0 Å². The SMILES string of the molecule is NN1CCNC1C=O. The van der Waals surface area contributed by atoms with Crippen LogP contribution in [0.5, 0.6) is 0 Å². The number of aldehydes is 1. The summed E-state index contributed by atoms with van der Waals surface area (Å²) < 4.78 is 0. The molecule has 3 N–H and O–H groups in total. The van der Waals surface area contributed by atoms with Gasteiger partial charge in [0.25, 0.3) is 0 Å². The lowest BCUT2D eigenvalue weighted by atomic mass is 10.6. The number of nitrogens with two attached hydrogens (primary N) is 1. The molecule has 0 radical (unpaired) electrons. The molecule has 0 saturated carbocycles. The quantitative estimate of drug-likeness (QED) is 0.315. The normalized spacial score (nSPS) is 30.9. The van der Waals surface area contributed by atoms with E-state index in [1.165, 1.54) is 5.01 Å². The highest BCUT2D eigenvalue weighted by molar-refractivity contribution is 5.57. The number of carbonyl (C=O) groups is 1. The minimum Gasteiger partial charge on any atom is -0.300 e. The molecule has 0 spiro atoms. The van der Waals surface area contributed by atoms with E-state index in [9.17, 15) is 4.79 Å². The Morgan fingerprint density at radius 2 is 2.62 bits per heavy atom. The molecular formula is C4H9N3O. The van der Waals surface area contributed by atoms with Crippen LogP contribution < -0.4 is 11.2 Å². The lowest BCUT2D eigenvalue weighted by Crippen LogP contribution is -2.41. The first-order valence-corrected chi connectivity index (χ1v) is 2.54. The van der Waals surface area contributed by atoms with Gasteiger partial charge in [-0.3, -0.25) is 11.2 Å². The van der Waals surface area contributed by atoms with Gasteiger partial charge in [0.2, 0.25) is 0 Å². The molecule has 1 heterocycles. The Hall–Kier alpha value is -0.450. The van der Waals surface area contributed by atoms with Crippen LogP contribution in [0.15, 0.2) is 0 Å². The Balaban J connectivity index is 2.41. The summed E-state index contributed by atoms with van der Waals surface area (Å²) in [7, 11) is 0. The molecule has 1 aliphatic heterocycles. The van der Waals surface area contributed by atoms with Crippen LogP contribution in [-0.4, -0.2) is 30.6 Å². The third-order valence-corrected chi connectivity index (χ3v) is 1.21. The van der Waals surface area contributed by atoms with Crippen LogP contribution in [0.1, 0.15) is 0 Å². The van der Waals surface area contributed by atoms with Crippen LogP contribution >= 0.6 is 0 Å². The van der Waals surface area contributed by atoms with Crippen molar-refractivity contribution in [1.29, 1.82) is 0 Å². The van der Waals surface area contributed by atoms with Crippen molar-refractivity contribution >= 4 is 6.29 Å². The van der Waals surface area contributed by atoms with Crippen LogP contribution in [0.2, 0.25) is 0 Å². The predicted octanol–water partition coefficient (Wildman–Crippen LogP) is -1.71. The van der Waals surface area contributed by atoms with Gasteiger partial charge in [0.15, 0.2) is 6.29 Å². The summed E-state index contributed by atoms with van der Waals surface area (Å²) in [5, 5.41) is 4.37. The van der Waals surface area contributed by atoms with Crippen molar-refractivity contribution in [3.05, 3.63) is 0 Å². The van der Waals surface area contributed by atoms with E-state index in [2.05, 4.69) is 5.32 Å². The molecule has 0 amide bonds. The molecule has 1 fully saturated rings. The molecule has 1 rings (SSSR count). The molecule has 1 atom stereocenters. The maximum absolute atomic E-state index is 10.0. The smallest absolute Gasteiger partial charge is 0.152 e. The highest BCUT2D eigenvalue weighted by Crippen LogP contribution is 1.90. The highest BCUT2D eigenvalue weighted by atomic mass is 16.1. The van der Waals surface area contributed by atoms with Crippen molar-refractivity contribution in [2.45, 2.75) is 6.17 Å². The Kier molecular flexibility index (Phi) is 1.57. The molecule has 4 nitrogen and oxygen atoms in total. The van der Waals surface area contributed by atoms with Crippen LogP contribution in [0.4, 0.5) is 0 Å². The maximum Gasteiger partial charge on any atom is 0.152 e. The first-order chi connectivity index (χ1) is 3.84. The molecule has 0 aliphatic carbocycles. The van der Waals surface area contributed by atoms with Crippen LogP contribution in [-0.2, 0) is 4.79 Å². The van der Waals surface area contributed by atoms with E-state index >= 15 is 0 Å². The summed E-state index contributed by atoms with van der Waals surface area (Å²) in [6.07, 6.45) is 0.544. The van der Waals surface area contributed by atoms with Crippen molar-refractivity contribution in [3.8, 4) is 0 Å². The van der Waals surface area contributed by atoms with Gasteiger partial charge < -0.3 is 4.79 Å². The minimum absolute atomic E-state index is 0.255. The molecular weight excluding hydrogens is 106 g/mol. The first-order valence-electron chi connectivity index (χ1n) is 2.54. The molecule has 46 valence electrons. The second kappa shape index (κ2) is 2.21. The van der Waals surface area contributed by atoms with E-state index in [4.69, 9.17) is 5.84 Å². The molecule has 0 aromatic carbocycles. The van der Waals surface area contributed by atoms with Crippen LogP contribution in [0, 0.1) is 0 Å². The average Bonchev–Trinajstić information content (AvgIpc) is 2.14. The van der Waals surface area contributed by atoms with Crippen molar-refractivity contribution in [2.75, 3.05) is 13.1 Å². The second-order valence-corrected chi connectivity index (χ2v) is 1.77. The third kappa shape index (κ3) is 0.861. The van der Waals surface area contributed by atoms with E-state index in [1.807, 2.05) is 0 Å². The lowest BCUT2D eigenvalue weighted by Gasteiger charge is -2.10. The van der Waals surface area contributed by atoms with Crippen molar-refractivity contribution < 1.29 is 4.79 Å². The number of hydrogen-bond acceptors (Lipinski definition) is 4. The van der Waals surface area contributed by atoms with E-state index in [-0.39, 0.29) is 6.17 Å². The molecule has 1 saturated heterocycles. The van der Waals surface area contributed by atoms with E-state index < -0.39 is 0 Å². The van der Waals surface area contributed by atoms with Gasteiger partial charge in [-0.05, 0) is 0 Å². The van der Waals surface area contributed by atoms with Crippen molar-refractivity contribution in [2.24, 2.45) is 5.84 Å². The zero-order valence-corrected chi connectivity index (χ0v) is 4.50. The second-order valence-electron chi connectivity index (χ2n) is 1.77. The van der Waals surface area contributed by atoms with E-state index in [1.54, 1.807) is 0 Å². The van der Waals surface area contributed by atoms with Crippen LogP contribution in [0.25, 0.3) is 0 Å². The lowest BCUT2D eigenvalue weighted by molar-refractivity contribution is -0.112. The van der Waals surface area contributed by atoms with Gasteiger partial charge in [-0.2, -0.15) is 0 Å². The number of rotatable bonds is 1. The van der Waals surface area contributed by atoms with E-state index in [0.717, 1.165) is 19.4 Å². The third-order valence-electron chi connectivity index (χ3n) is 1.21. The Morgan fingerprint density at radius 3 is 2.88 bits per heavy atom. The average molecular weight is 115 g/mol. The number of hydrogen-bond donors (Lipinski definition) is 2. The number of nitrogens with one attached hydrogen (secondary N) is 1. The highest BCUT2D eigenvalue weighted by Gasteiger charge is 2.18. The molecule has 0 aromatic rings. The zero-order valence-electron chi connectivity index (χ0n) is 4.50. The maximum atomic E-state index is 10.0. The summed E-state index contributed by atoms with van der Waals surface area (Å²) in [6.45, 7) is 1.56. The Labute approximate surface area is 47.6 Å². The molecule has 1 unspecified atom stereocenters. The van der Waals surface area contributed by atoms with Gasteiger partial charge in [0.1, 0.15) is 6.17 Å². The fourth-order valence-electron chi connectivity index (χ4n) is 0.724. The minimum atomic E-state index is -0.255. The van der Waals surface area contributed by atoms with Gasteiger partial charge in [0, 0.05) is 13.1 Å². The largest absolute Gasteiger partial charge is 0.300 e. The zero-order chi connectivity index (χ0) is 5.98. The molecule has 8 heavy (non-hydrogen) atoms. The molecule has 0 bridgehead atoms. The van der Waals surface area contributed by atoms with Gasteiger partial charge >= 0.3 is 0 Å². The van der Waals surface area contributed by atoms with Gasteiger partial charge in [0.05, 0.1) is 0 Å². The summed E-state index contributed by atoms with van der Waals surface area (Å²) >= 11 is 0. The summed E-state index contributed by atoms with van der Waals surface area (Å²) in [5.41, 5.74) is 0. The van der Waals surface area contributed by atoms with E-state index in [0.29, 0.717) is 0 Å². The molecule has 0 aromatic heterocycles. The topological polar surface area (TPSA) is 58.4 Å². The first kappa shape index (κ1) is 5.68. The predicted molar refractivity (Wildman–Crippen MR) is 28.7 cm³/mol. The number of hydrazine groups is 1. The standard InChI is InChI=1S/C4H9N3O/c5-7-2-1-6-4(7)3-8/h3-4,6H,1-2,5H2. The van der Waals surface area contributed by atoms with Crippen molar-refractivity contribution in [1.82, 2.24) is 10.3 Å². The fraction of sp³-hybridized carbons (Fsp3) is 0.750. The number of nitrogens with zero attached hydrogens (tertiary/aromatic N) is 1.